The average Bonchev–Trinajstić information content (AvgIpc) is 3.33. The number of rotatable bonds is 5. The van der Waals surface area contributed by atoms with Crippen molar-refractivity contribution >= 4 is 11.7 Å². The molecule has 126 valence electrons. The number of hydrogen-bond donors (Lipinski definition) is 2. The van der Waals surface area contributed by atoms with Crippen molar-refractivity contribution in [1.82, 2.24) is 5.32 Å². The van der Waals surface area contributed by atoms with E-state index in [-0.39, 0.29) is 11.4 Å². The van der Waals surface area contributed by atoms with Crippen LogP contribution >= 0.6 is 0 Å². The molecule has 0 saturated heterocycles. The maximum absolute atomic E-state index is 12.2. The van der Waals surface area contributed by atoms with Crippen molar-refractivity contribution in [2.24, 2.45) is 0 Å². The predicted octanol–water partition coefficient (Wildman–Crippen LogP) is 4.17. The van der Waals surface area contributed by atoms with Gasteiger partial charge in [0.05, 0.1) is 7.11 Å². The lowest BCUT2D eigenvalue weighted by Gasteiger charge is -2.17. The quantitative estimate of drug-likeness (QED) is 0.867. The van der Waals surface area contributed by atoms with E-state index >= 15 is 0 Å². The second-order valence-corrected chi connectivity index (χ2v) is 6.69. The Morgan fingerprint density at radius 3 is 2.25 bits per heavy atom. The van der Waals surface area contributed by atoms with Crippen LogP contribution in [0, 0.1) is 13.8 Å². The van der Waals surface area contributed by atoms with Crippen LogP contribution in [-0.2, 0) is 5.41 Å². The molecule has 24 heavy (non-hydrogen) atoms. The normalized spacial score (nSPS) is 14.8. The molecule has 1 aliphatic rings. The standard InChI is InChI=1S/C20H24N2O2/c1-14-10-15(2)12-17(11-14)22-19(23)21-13-20(8-9-20)16-4-6-18(24-3)7-5-16/h4-7,10-12H,8-9,13H2,1-3H3,(H2,21,22,23). The Hall–Kier alpha value is -2.49. The van der Waals surface area contributed by atoms with Gasteiger partial charge in [-0.3, -0.25) is 0 Å². The molecule has 4 heteroatoms. The lowest BCUT2D eigenvalue weighted by atomic mass is 9.96. The predicted molar refractivity (Wildman–Crippen MR) is 96.8 cm³/mol. The van der Waals surface area contributed by atoms with Crippen molar-refractivity contribution in [2.75, 3.05) is 19.0 Å². The van der Waals surface area contributed by atoms with Crippen LogP contribution in [0.4, 0.5) is 10.5 Å². The molecule has 0 unspecified atom stereocenters. The zero-order valence-electron chi connectivity index (χ0n) is 14.5. The molecule has 0 aromatic heterocycles. The van der Waals surface area contributed by atoms with Crippen molar-refractivity contribution in [2.45, 2.75) is 32.1 Å². The first-order valence-electron chi connectivity index (χ1n) is 8.28. The minimum atomic E-state index is -0.153. The highest BCUT2D eigenvalue weighted by atomic mass is 16.5. The molecule has 3 rings (SSSR count). The number of amides is 2. The molecule has 2 amide bonds. The van der Waals surface area contributed by atoms with Crippen LogP contribution in [0.3, 0.4) is 0 Å². The van der Waals surface area contributed by atoms with Crippen LogP contribution < -0.4 is 15.4 Å². The molecule has 0 aliphatic heterocycles. The van der Waals surface area contributed by atoms with Gasteiger partial charge in [-0.2, -0.15) is 0 Å². The molecule has 2 aromatic rings. The molecular weight excluding hydrogens is 300 g/mol. The first kappa shape index (κ1) is 16.4. The minimum Gasteiger partial charge on any atom is -0.497 e. The van der Waals surface area contributed by atoms with E-state index in [1.165, 1.54) is 5.56 Å². The Morgan fingerprint density at radius 1 is 1.08 bits per heavy atom. The van der Waals surface area contributed by atoms with Crippen LogP contribution in [0.25, 0.3) is 0 Å². The van der Waals surface area contributed by atoms with Crippen LogP contribution in [0.5, 0.6) is 5.75 Å². The van der Waals surface area contributed by atoms with Gasteiger partial charge in [-0.25, -0.2) is 4.79 Å². The SMILES string of the molecule is COc1ccc(C2(CNC(=O)Nc3cc(C)cc(C)c3)CC2)cc1. The maximum Gasteiger partial charge on any atom is 0.319 e. The number of hydrogen-bond acceptors (Lipinski definition) is 2. The molecule has 4 nitrogen and oxygen atoms in total. The molecular formula is C20H24N2O2. The monoisotopic (exact) mass is 324 g/mol. The van der Waals surface area contributed by atoms with E-state index in [1.54, 1.807) is 7.11 Å². The molecule has 0 spiro atoms. The average molecular weight is 324 g/mol. The van der Waals surface area contributed by atoms with Crippen LogP contribution in [0.15, 0.2) is 42.5 Å². The fourth-order valence-electron chi connectivity index (χ4n) is 3.13. The summed E-state index contributed by atoms with van der Waals surface area (Å²) in [5.74, 6) is 0.857. The Labute approximate surface area is 143 Å². The van der Waals surface area contributed by atoms with E-state index in [4.69, 9.17) is 4.74 Å². The van der Waals surface area contributed by atoms with Crippen molar-refractivity contribution in [3.05, 3.63) is 59.2 Å². The lowest BCUT2D eigenvalue weighted by molar-refractivity contribution is 0.251. The van der Waals surface area contributed by atoms with Gasteiger partial charge >= 0.3 is 6.03 Å². The van der Waals surface area contributed by atoms with Gasteiger partial charge in [-0.1, -0.05) is 18.2 Å². The van der Waals surface area contributed by atoms with Crippen molar-refractivity contribution in [3.8, 4) is 5.75 Å². The van der Waals surface area contributed by atoms with Gasteiger partial charge in [0.2, 0.25) is 0 Å². The summed E-state index contributed by atoms with van der Waals surface area (Å²) in [6.07, 6.45) is 2.20. The first-order valence-corrected chi connectivity index (χ1v) is 8.28. The van der Waals surface area contributed by atoms with Crippen molar-refractivity contribution in [3.63, 3.8) is 0 Å². The molecule has 2 aromatic carbocycles. The largest absolute Gasteiger partial charge is 0.497 e. The van der Waals surface area contributed by atoms with E-state index in [9.17, 15) is 4.79 Å². The first-order chi connectivity index (χ1) is 11.5. The molecule has 0 bridgehead atoms. The van der Waals surface area contributed by atoms with E-state index in [0.29, 0.717) is 6.54 Å². The zero-order chi connectivity index (χ0) is 17.2. The number of methoxy groups -OCH3 is 1. The van der Waals surface area contributed by atoms with Gasteiger partial charge in [0.25, 0.3) is 0 Å². The lowest BCUT2D eigenvalue weighted by Crippen LogP contribution is -2.35. The van der Waals surface area contributed by atoms with Crippen LogP contribution in [-0.4, -0.2) is 19.7 Å². The highest BCUT2D eigenvalue weighted by Gasteiger charge is 2.44. The molecule has 1 fully saturated rings. The van der Waals surface area contributed by atoms with Gasteiger partial charge in [-0.05, 0) is 67.6 Å². The number of urea groups is 1. The Morgan fingerprint density at radius 2 is 1.71 bits per heavy atom. The fourth-order valence-corrected chi connectivity index (χ4v) is 3.13. The van der Waals surface area contributed by atoms with E-state index in [2.05, 4.69) is 28.8 Å². The van der Waals surface area contributed by atoms with E-state index < -0.39 is 0 Å². The number of ether oxygens (including phenoxy) is 1. The third-order valence-corrected chi connectivity index (χ3v) is 4.62. The number of nitrogens with one attached hydrogen (secondary N) is 2. The summed E-state index contributed by atoms with van der Waals surface area (Å²) in [6.45, 7) is 4.70. The van der Waals surface area contributed by atoms with Gasteiger partial charge in [0, 0.05) is 17.6 Å². The molecule has 1 saturated carbocycles. The third kappa shape index (κ3) is 3.70. The van der Waals surface area contributed by atoms with Gasteiger partial charge in [-0.15, -0.1) is 0 Å². The number of carbonyl (C=O) groups excluding carboxylic acids is 1. The van der Waals surface area contributed by atoms with Crippen LogP contribution in [0.1, 0.15) is 29.5 Å². The second-order valence-electron chi connectivity index (χ2n) is 6.69. The smallest absolute Gasteiger partial charge is 0.319 e. The number of benzene rings is 2. The summed E-state index contributed by atoms with van der Waals surface area (Å²) in [6, 6.07) is 14.0. The van der Waals surface area contributed by atoms with Crippen LogP contribution in [0.2, 0.25) is 0 Å². The van der Waals surface area contributed by atoms with Crippen molar-refractivity contribution in [1.29, 1.82) is 0 Å². The zero-order valence-corrected chi connectivity index (χ0v) is 14.5. The summed E-state index contributed by atoms with van der Waals surface area (Å²) in [5.41, 5.74) is 4.45. The summed E-state index contributed by atoms with van der Waals surface area (Å²) >= 11 is 0. The number of carbonyl (C=O) groups is 1. The third-order valence-electron chi connectivity index (χ3n) is 4.62. The summed E-state index contributed by atoms with van der Waals surface area (Å²) in [7, 11) is 1.67. The van der Waals surface area contributed by atoms with E-state index in [1.807, 2.05) is 38.1 Å². The second kappa shape index (κ2) is 6.56. The molecule has 2 N–H and O–H groups in total. The van der Waals surface area contributed by atoms with Gasteiger partial charge in [0.15, 0.2) is 0 Å². The van der Waals surface area contributed by atoms with Crippen molar-refractivity contribution < 1.29 is 9.53 Å². The molecule has 0 heterocycles. The van der Waals surface area contributed by atoms with Gasteiger partial charge in [0.1, 0.15) is 5.75 Å². The Bertz CT molecular complexity index is 714. The fraction of sp³-hybridized carbons (Fsp3) is 0.350. The molecule has 1 aliphatic carbocycles. The van der Waals surface area contributed by atoms with Gasteiger partial charge < -0.3 is 15.4 Å². The number of aryl methyl sites for hydroxylation is 2. The topological polar surface area (TPSA) is 50.4 Å². The highest BCUT2D eigenvalue weighted by Crippen LogP contribution is 2.47. The summed E-state index contributed by atoms with van der Waals surface area (Å²) in [5, 5.41) is 5.94. The number of anilines is 1. The summed E-state index contributed by atoms with van der Waals surface area (Å²) in [4.78, 5) is 12.2. The minimum absolute atomic E-state index is 0.0755. The maximum atomic E-state index is 12.2. The Balaban J connectivity index is 1.59. The highest BCUT2D eigenvalue weighted by molar-refractivity contribution is 5.89. The Kier molecular flexibility index (Phi) is 4.47. The summed E-state index contributed by atoms with van der Waals surface area (Å²) < 4.78 is 5.21. The molecule has 0 radical (unpaired) electrons. The molecule has 0 atom stereocenters. The van der Waals surface area contributed by atoms with E-state index in [0.717, 1.165) is 35.4 Å².